The van der Waals surface area contributed by atoms with Crippen LogP contribution in [0.3, 0.4) is 0 Å². The summed E-state index contributed by atoms with van der Waals surface area (Å²) in [7, 11) is 0. The van der Waals surface area contributed by atoms with Gasteiger partial charge in [0.15, 0.2) is 0 Å². The summed E-state index contributed by atoms with van der Waals surface area (Å²) in [5, 5.41) is 14.9. The van der Waals surface area contributed by atoms with E-state index in [0.29, 0.717) is 5.82 Å². The number of aryl methyl sites for hydroxylation is 1. The normalized spacial score (nSPS) is 17.4. The molecule has 25 heavy (non-hydrogen) atoms. The Labute approximate surface area is 147 Å². The van der Waals surface area contributed by atoms with Gasteiger partial charge in [-0.2, -0.15) is 0 Å². The molecule has 1 aromatic carbocycles. The molecule has 1 saturated heterocycles. The number of rotatable bonds is 5. The van der Waals surface area contributed by atoms with Gasteiger partial charge >= 0.3 is 5.69 Å². The van der Waals surface area contributed by atoms with Crippen molar-refractivity contribution in [3.63, 3.8) is 0 Å². The van der Waals surface area contributed by atoms with E-state index in [1.54, 1.807) is 0 Å². The van der Waals surface area contributed by atoms with Crippen LogP contribution in [0.15, 0.2) is 30.6 Å². The molecule has 1 unspecified atom stereocenters. The summed E-state index contributed by atoms with van der Waals surface area (Å²) < 4.78 is 0. The van der Waals surface area contributed by atoms with Gasteiger partial charge in [0.25, 0.3) is 0 Å². The van der Waals surface area contributed by atoms with Crippen LogP contribution in [-0.4, -0.2) is 27.5 Å². The van der Waals surface area contributed by atoms with Crippen LogP contribution in [-0.2, 0) is 6.42 Å². The molecular weight excluding hydrogens is 318 g/mol. The average Bonchev–Trinajstić information content (AvgIpc) is 2.62. The summed E-state index contributed by atoms with van der Waals surface area (Å²) >= 11 is 0. The molecule has 1 aliphatic heterocycles. The van der Waals surface area contributed by atoms with Gasteiger partial charge in [-0.05, 0) is 44.2 Å². The summed E-state index contributed by atoms with van der Waals surface area (Å²) in [6.07, 6.45) is 5.42. The second-order valence-corrected chi connectivity index (χ2v) is 6.33. The van der Waals surface area contributed by atoms with Crippen LogP contribution >= 0.6 is 0 Å². The third-order valence-corrected chi connectivity index (χ3v) is 4.71. The van der Waals surface area contributed by atoms with Gasteiger partial charge < -0.3 is 10.2 Å². The van der Waals surface area contributed by atoms with E-state index in [2.05, 4.69) is 29.1 Å². The van der Waals surface area contributed by atoms with Crippen molar-refractivity contribution in [3.05, 3.63) is 46.3 Å². The summed E-state index contributed by atoms with van der Waals surface area (Å²) in [6.45, 7) is 4.92. The Morgan fingerprint density at radius 2 is 2.12 bits per heavy atom. The van der Waals surface area contributed by atoms with Crippen molar-refractivity contribution >= 4 is 23.0 Å². The molecular formula is C18H23N5O2. The summed E-state index contributed by atoms with van der Waals surface area (Å²) in [5.74, 6) is 0.650. The molecule has 1 atom stereocenters. The molecule has 7 nitrogen and oxygen atoms in total. The maximum Gasteiger partial charge on any atom is 0.353 e. The van der Waals surface area contributed by atoms with Crippen molar-refractivity contribution in [2.45, 2.75) is 45.6 Å². The zero-order valence-electron chi connectivity index (χ0n) is 14.6. The van der Waals surface area contributed by atoms with Crippen molar-refractivity contribution in [3.8, 4) is 0 Å². The van der Waals surface area contributed by atoms with Crippen LogP contribution in [0.25, 0.3) is 0 Å². The van der Waals surface area contributed by atoms with Crippen LogP contribution in [0.4, 0.5) is 23.0 Å². The smallest absolute Gasteiger partial charge is 0.348 e. The standard InChI is InChI=1S/C18H23N5O2/c1-3-14-9-4-5-10-15(14)21-17-16(23(24)25)18(20-12-19-17)22-11-7-6-8-13(22)2/h4-5,9-10,12-13H,3,6-8,11H2,1-2H3,(H,19,20,21). The highest BCUT2D eigenvalue weighted by Crippen LogP contribution is 2.36. The molecule has 0 amide bonds. The fraction of sp³-hybridized carbons (Fsp3) is 0.444. The van der Waals surface area contributed by atoms with Crippen molar-refractivity contribution in [2.24, 2.45) is 0 Å². The third-order valence-electron chi connectivity index (χ3n) is 4.71. The molecule has 1 fully saturated rings. The molecule has 2 aromatic rings. The fourth-order valence-corrected chi connectivity index (χ4v) is 3.33. The highest BCUT2D eigenvalue weighted by atomic mass is 16.6. The zero-order valence-corrected chi connectivity index (χ0v) is 14.6. The molecule has 132 valence electrons. The number of anilines is 3. The van der Waals surface area contributed by atoms with Crippen molar-refractivity contribution in [1.82, 2.24) is 9.97 Å². The molecule has 0 saturated carbocycles. The first-order valence-corrected chi connectivity index (χ1v) is 8.72. The van der Waals surface area contributed by atoms with Gasteiger partial charge in [0.2, 0.25) is 11.6 Å². The molecule has 1 aromatic heterocycles. The van der Waals surface area contributed by atoms with Crippen molar-refractivity contribution in [1.29, 1.82) is 0 Å². The second kappa shape index (κ2) is 7.46. The van der Waals surface area contributed by atoms with Gasteiger partial charge in [0, 0.05) is 18.3 Å². The molecule has 7 heteroatoms. The Balaban J connectivity index is 2.02. The number of nitrogens with one attached hydrogen (secondary N) is 1. The van der Waals surface area contributed by atoms with Gasteiger partial charge in [-0.3, -0.25) is 10.1 Å². The van der Waals surface area contributed by atoms with Gasteiger partial charge in [-0.1, -0.05) is 25.1 Å². The minimum atomic E-state index is -0.381. The van der Waals surface area contributed by atoms with E-state index in [1.165, 1.54) is 6.33 Å². The number of benzene rings is 1. The third kappa shape index (κ3) is 3.55. The van der Waals surface area contributed by atoms with E-state index in [1.807, 2.05) is 29.2 Å². The second-order valence-electron chi connectivity index (χ2n) is 6.33. The fourth-order valence-electron chi connectivity index (χ4n) is 3.33. The van der Waals surface area contributed by atoms with Crippen molar-refractivity contribution < 1.29 is 4.92 Å². The van der Waals surface area contributed by atoms with Gasteiger partial charge in [0.05, 0.1) is 4.92 Å². The lowest BCUT2D eigenvalue weighted by Crippen LogP contribution is -2.38. The lowest BCUT2D eigenvalue weighted by atomic mass is 10.0. The molecule has 0 bridgehead atoms. The minimum Gasteiger partial charge on any atom is -0.348 e. The van der Waals surface area contributed by atoms with Crippen LogP contribution in [0.5, 0.6) is 0 Å². The number of para-hydroxylation sites is 1. The monoisotopic (exact) mass is 341 g/mol. The number of hydrogen-bond donors (Lipinski definition) is 1. The molecule has 1 N–H and O–H groups in total. The van der Waals surface area contributed by atoms with E-state index in [4.69, 9.17) is 0 Å². The molecule has 1 aliphatic rings. The summed E-state index contributed by atoms with van der Waals surface area (Å²) in [6, 6.07) is 8.01. The highest BCUT2D eigenvalue weighted by Gasteiger charge is 2.30. The molecule has 2 heterocycles. The molecule has 3 rings (SSSR count). The summed E-state index contributed by atoms with van der Waals surface area (Å²) in [5.41, 5.74) is 1.87. The first-order chi connectivity index (χ1) is 12.1. The predicted octanol–water partition coefficient (Wildman–Crippen LogP) is 4.07. The van der Waals surface area contributed by atoms with Gasteiger partial charge in [-0.25, -0.2) is 9.97 Å². The highest BCUT2D eigenvalue weighted by molar-refractivity contribution is 5.75. The Kier molecular flexibility index (Phi) is 5.11. The Morgan fingerprint density at radius 1 is 1.32 bits per heavy atom. The first-order valence-electron chi connectivity index (χ1n) is 8.72. The van der Waals surface area contributed by atoms with E-state index in [0.717, 1.165) is 43.5 Å². The Bertz CT molecular complexity index is 765. The van der Waals surface area contributed by atoms with E-state index in [-0.39, 0.29) is 22.5 Å². The number of piperidine rings is 1. The maximum atomic E-state index is 11.8. The predicted molar refractivity (Wildman–Crippen MR) is 98.4 cm³/mol. The topological polar surface area (TPSA) is 84.2 Å². The minimum absolute atomic E-state index is 0.0536. The molecule has 0 radical (unpaired) electrons. The van der Waals surface area contributed by atoms with E-state index >= 15 is 0 Å². The summed E-state index contributed by atoms with van der Waals surface area (Å²) in [4.78, 5) is 21.9. The van der Waals surface area contributed by atoms with Crippen LogP contribution in [0.1, 0.15) is 38.7 Å². The van der Waals surface area contributed by atoms with Gasteiger partial charge in [-0.15, -0.1) is 0 Å². The average molecular weight is 341 g/mol. The number of nitrogens with zero attached hydrogens (tertiary/aromatic N) is 4. The Hall–Kier alpha value is -2.70. The number of nitro groups is 1. The number of hydrogen-bond acceptors (Lipinski definition) is 6. The quantitative estimate of drug-likeness (QED) is 0.652. The largest absolute Gasteiger partial charge is 0.353 e. The molecule has 0 spiro atoms. The SMILES string of the molecule is CCc1ccccc1Nc1ncnc(N2CCCCC2C)c1[N+](=O)[O-]. The zero-order chi connectivity index (χ0) is 17.8. The van der Waals surface area contributed by atoms with Crippen LogP contribution in [0.2, 0.25) is 0 Å². The van der Waals surface area contributed by atoms with Crippen molar-refractivity contribution in [2.75, 3.05) is 16.8 Å². The maximum absolute atomic E-state index is 11.8. The molecule has 0 aliphatic carbocycles. The lowest BCUT2D eigenvalue weighted by Gasteiger charge is -2.33. The lowest BCUT2D eigenvalue weighted by molar-refractivity contribution is -0.383. The van der Waals surface area contributed by atoms with Crippen LogP contribution in [0, 0.1) is 10.1 Å². The van der Waals surface area contributed by atoms with Crippen LogP contribution < -0.4 is 10.2 Å². The van der Waals surface area contributed by atoms with E-state index in [9.17, 15) is 10.1 Å². The Morgan fingerprint density at radius 3 is 2.84 bits per heavy atom. The number of aromatic nitrogens is 2. The van der Waals surface area contributed by atoms with Gasteiger partial charge in [0.1, 0.15) is 6.33 Å². The van der Waals surface area contributed by atoms with E-state index < -0.39 is 0 Å². The first kappa shape index (κ1) is 17.1.